The number of nitrogens with one attached hydrogen (secondary N) is 3. The van der Waals surface area contributed by atoms with E-state index in [9.17, 15) is 14.9 Å². The second-order valence-electron chi connectivity index (χ2n) is 5.23. The van der Waals surface area contributed by atoms with Crippen LogP contribution in [-0.4, -0.2) is 24.0 Å². The molecule has 0 heterocycles. The summed E-state index contributed by atoms with van der Waals surface area (Å²) in [5, 5.41) is 19.4. The predicted octanol–water partition coefficient (Wildman–Crippen LogP) is 3.07. The van der Waals surface area contributed by atoms with Crippen LogP contribution in [0.1, 0.15) is 18.5 Å². The highest BCUT2D eigenvalue weighted by atomic mass is 16.6. The van der Waals surface area contributed by atoms with E-state index in [0.717, 1.165) is 5.56 Å². The molecule has 0 aliphatic carbocycles. The summed E-state index contributed by atoms with van der Waals surface area (Å²) < 4.78 is 0. The van der Waals surface area contributed by atoms with Crippen molar-refractivity contribution in [1.82, 2.24) is 10.6 Å². The van der Waals surface area contributed by atoms with Gasteiger partial charge in [0.15, 0.2) is 0 Å². The first-order valence-corrected chi connectivity index (χ1v) is 7.64. The number of carbonyl (C=O) groups is 1. The van der Waals surface area contributed by atoms with E-state index in [2.05, 4.69) is 16.0 Å². The second-order valence-corrected chi connectivity index (χ2v) is 5.23. The van der Waals surface area contributed by atoms with Gasteiger partial charge in [-0.25, -0.2) is 4.79 Å². The van der Waals surface area contributed by atoms with Crippen LogP contribution in [0.15, 0.2) is 54.6 Å². The lowest BCUT2D eigenvalue weighted by molar-refractivity contribution is -0.384. The summed E-state index contributed by atoms with van der Waals surface area (Å²) in [5.74, 6) is 0. The van der Waals surface area contributed by atoms with Crippen LogP contribution in [0.5, 0.6) is 0 Å². The van der Waals surface area contributed by atoms with Crippen molar-refractivity contribution >= 4 is 17.4 Å². The van der Waals surface area contributed by atoms with Gasteiger partial charge >= 0.3 is 6.03 Å². The minimum absolute atomic E-state index is 0.0136. The summed E-state index contributed by atoms with van der Waals surface area (Å²) in [7, 11) is 0. The predicted molar refractivity (Wildman–Crippen MR) is 93.0 cm³/mol. The molecular formula is C17H20N4O3. The number of carbonyl (C=O) groups excluding carboxylic acids is 1. The fourth-order valence-corrected chi connectivity index (χ4v) is 2.23. The number of para-hydroxylation sites is 2. The lowest BCUT2D eigenvalue weighted by Gasteiger charge is -2.15. The van der Waals surface area contributed by atoms with E-state index in [1.807, 2.05) is 37.3 Å². The van der Waals surface area contributed by atoms with Crippen molar-refractivity contribution in [2.24, 2.45) is 0 Å². The molecule has 0 aromatic heterocycles. The van der Waals surface area contributed by atoms with Crippen LogP contribution in [-0.2, 0) is 0 Å². The van der Waals surface area contributed by atoms with Gasteiger partial charge in [0, 0.05) is 19.2 Å². The molecule has 2 aromatic carbocycles. The zero-order valence-electron chi connectivity index (χ0n) is 13.4. The minimum Gasteiger partial charge on any atom is -0.378 e. The zero-order valence-corrected chi connectivity index (χ0v) is 13.4. The summed E-state index contributed by atoms with van der Waals surface area (Å²) in [6.45, 7) is 2.64. The number of nitro benzene ring substituents is 1. The summed E-state index contributed by atoms with van der Waals surface area (Å²) in [4.78, 5) is 22.3. The Labute approximate surface area is 140 Å². The standard InChI is InChI=1S/C17H20N4O3/c1-13(14-7-3-2-4-8-14)20-17(22)19-12-11-18-15-9-5-6-10-16(15)21(23)24/h2-10,13,18H,11-12H2,1H3,(H2,19,20,22)/t13-/m0/s1. The molecule has 24 heavy (non-hydrogen) atoms. The normalized spacial score (nSPS) is 11.4. The first-order chi connectivity index (χ1) is 11.6. The van der Waals surface area contributed by atoms with Crippen molar-refractivity contribution in [3.63, 3.8) is 0 Å². The average Bonchev–Trinajstić information content (AvgIpc) is 2.59. The largest absolute Gasteiger partial charge is 0.378 e. The number of hydrogen-bond acceptors (Lipinski definition) is 4. The van der Waals surface area contributed by atoms with Gasteiger partial charge in [-0.1, -0.05) is 42.5 Å². The molecule has 2 rings (SSSR count). The number of benzene rings is 2. The van der Waals surface area contributed by atoms with Gasteiger partial charge in [0.1, 0.15) is 5.69 Å². The topological polar surface area (TPSA) is 96.3 Å². The van der Waals surface area contributed by atoms with E-state index >= 15 is 0 Å². The molecule has 0 aliphatic rings. The Morgan fingerprint density at radius 3 is 2.46 bits per heavy atom. The van der Waals surface area contributed by atoms with E-state index in [1.54, 1.807) is 18.2 Å². The Balaban J connectivity index is 1.74. The molecule has 7 nitrogen and oxygen atoms in total. The fourth-order valence-electron chi connectivity index (χ4n) is 2.23. The van der Waals surface area contributed by atoms with E-state index in [-0.39, 0.29) is 17.8 Å². The summed E-state index contributed by atoms with van der Waals surface area (Å²) >= 11 is 0. The molecule has 3 N–H and O–H groups in total. The highest BCUT2D eigenvalue weighted by molar-refractivity contribution is 5.74. The zero-order chi connectivity index (χ0) is 17.4. The van der Waals surface area contributed by atoms with Gasteiger partial charge < -0.3 is 16.0 Å². The molecule has 0 saturated carbocycles. The van der Waals surface area contributed by atoms with Crippen LogP contribution >= 0.6 is 0 Å². The van der Waals surface area contributed by atoms with E-state index < -0.39 is 4.92 Å². The lowest BCUT2D eigenvalue weighted by atomic mass is 10.1. The molecule has 2 aromatic rings. The molecule has 0 unspecified atom stereocenters. The molecule has 0 radical (unpaired) electrons. The SMILES string of the molecule is C[C@H](NC(=O)NCCNc1ccccc1[N+](=O)[O-])c1ccccc1. The van der Waals surface area contributed by atoms with Gasteiger partial charge in [-0.3, -0.25) is 10.1 Å². The lowest BCUT2D eigenvalue weighted by Crippen LogP contribution is -2.39. The summed E-state index contributed by atoms with van der Waals surface area (Å²) in [6.07, 6.45) is 0. The Bertz CT molecular complexity index is 691. The number of nitro groups is 1. The van der Waals surface area contributed by atoms with Crippen molar-refractivity contribution in [3.05, 3.63) is 70.3 Å². The quantitative estimate of drug-likeness (QED) is 0.413. The van der Waals surface area contributed by atoms with Crippen LogP contribution < -0.4 is 16.0 Å². The van der Waals surface area contributed by atoms with Crippen LogP contribution in [0.25, 0.3) is 0 Å². The number of rotatable bonds is 7. The van der Waals surface area contributed by atoms with Crippen molar-refractivity contribution < 1.29 is 9.72 Å². The Hall–Kier alpha value is -3.09. The summed E-state index contributed by atoms with van der Waals surface area (Å²) in [5.41, 5.74) is 1.47. The van der Waals surface area contributed by atoms with Crippen LogP contribution in [0, 0.1) is 10.1 Å². The van der Waals surface area contributed by atoms with Gasteiger partial charge in [0.2, 0.25) is 0 Å². The molecule has 2 amide bonds. The monoisotopic (exact) mass is 328 g/mol. The Morgan fingerprint density at radius 2 is 1.75 bits per heavy atom. The van der Waals surface area contributed by atoms with Gasteiger partial charge in [0.05, 0.1) is 11.0 Å². The van der Waals surface area contributed by atoms with E-state index in [4.69, 9.17) is 0 Å². The molecule has 0 aliphatic heterocycles. The Kier molecular flexibility index (Phi) is 6.13. The highest BCUT2D eigenvalue weighted by Crippen LogP contribution is 2.22. The summed E-state index contributed by atoms with van der Waals surface area (Å²) in [6, 6.07) is 15.7. The maximum atomic E-state index is 11.9. The molecule has 0 bridgehead atoms. The molecule has 0 saturated heterocycles. The van der Waals surface area contributed by atoms with E-state index in [0.29, 0.717) is 18.8 Å². The Morgan fingerprint density at radius 1 is 1.08 bits per heavy atom. The average molecular weight is 328 g/mol. The van der Waals surface area contributed by atoms with Crippen molar-refractivity contribution in [1.29, 1.82) is 0 Å². The van der Waals surface area contributed by atoms with Gasteiger partial charge in [-0.05, 0) is 18.6 Å². The van der Waals surface area contributed by atoms with Crippen LogP contribution in [0.3, 0.4) is 0 Å². The third kappa shape index (κ3) is 4.98. The third-order valence-corrected chi connectivity index (χ3v) is 3.47. The third-order valence-electron chi connectivity index (χ3n) is 3.47. The number of amides is 2. The van der Waals surface area contributed by atoms with Gasteiger partial charge in [-0.2, -0.15) is 0 Å². The first-order valence-electron chi connectivity index (χ1n) is 7.64. The number of hydrogen-bond donors (Lipinski definition) is 3. The van der Waals surface area contributed by atoms with E-state index in [1.165, 1.54) is 6.07 Å². The molecule has 1 atom stereocenters. The maximum Gasteiger partial charge on any atom is 0.315 e. The second kappa shape index (κ2) is 8.52. The maximum absolute atomic E-state index is 11.9. The minimum atomic E-state index is -0.440. The number of anilines is 1. The number of urea groups is 1. The molecule has 7 heteroatoms. The van der Waals surface area contributed by atoms with Gasteiger partial charge in [0.25, 0.3) is 5.69 Å². The molecular weight excluding hydrogens is 308 g/mol. The van der Waals surface area contributed by atoms with Crippen LogP contribution in [0.4, 0.5) is 16.2 Å². The van der Waals surface area contributed by atoms with Crippen molar-refractivity contribution in [3.8, 4) is 0 Å². The van der Waals surface area contributed by atoms with Crippen LogP contribution in [0.2, 0.25) is 0 Å². The van der Waals surface area contributed by atoms with Gasteiger partial charge in [-0.15, -0.1) is 0 Å². The first kappa shape index (κ1) is 17.3. The van der Waals surface area contributed by atoms with Crippen molar-refractivity contribution in [2.45, 2.75) is 13.0 Å². The number of nitrogens with zero attached hydrogens (tertiary/aromatic N) is 1. The molecule has 0 fully saturated rings. The highest BCUT2D eigenvalue weighted by Gasteiger charge is 2.12. The molecule has 126 valence electrons. The smallest absolute Gasteiger partial charge is 0.315 e. The molecule has 0 spiro atoms. The fraction of sp³-hybridized carbons (Fsp3) is 0.235. The van der Waals surface area contributed by atoms with Crippen molar-refractivity contribution in [2.75, 3.05) is 18.4 Å².